The number of carboxylic acids is 1. The fourth-order valence-electron chi connectivity index (χ4n) is 2.59. The average Bonchev–Trinajstić information content (AvgIpc) is 2.33. The summed E-state index contributed by atoms with van der Waals surface area (Å²) in [5, 5.41) is 8.65. The minimum absolute atomic E-state index is 0.348. The van der Waals surface area contributed by atoms with E-state index >= 15 is 0 Å². The molecule has 0 aromatic carbocycles. The van der Waals surface area contributed by atoms with Crippen molar-refractivity contribution in [1.82, 2.24) is 4.90 Å². The normalized spacial score (nSPS) is 18.4. The molecule has 1 aliphatic rings. The van der Waals surface area contributed by atoms with E-state index in [-0.39, 0.29) is 0 Å². The standard InChI is InChI=1S/C14H27NO2/c1-2-3-4-5-10-15-11-8-13(9-12-15)6-7-14(16)17/h13H,2-12H2,1H3,(H,16,17). The highest BCUT2D eigenvalue weighted by Gasteiger charge is 2.19. The highest BCUT2D eigenvalue weighted by atomic mass is 16.4. The van der Waals surface area contributed by atoms with Crippen LogP contribution in [0.4, 0.5) is 0 Å². The van der Waals surface area contributed by atoms with Crippen LogP contribution in [-0.2, 0) is 4.79 Å². The first-order valence-electron chi connectivity index (χ1n) is 7.16. The third-order valence-corrected chi connectivity index (χ3v) is 3.80. The van der Waals surface area contributed by atoms with Crippen molar-refractivity contribution < 1.29 is 9.90 Å². The molecule has 0 atom stereocenters. The van der Waals surface area contributed by atoms with Crippen LogP contribution in [0.2, 0.25) is 0 Å². The number of piperidine rings is 1. The van der Waals surface area contributed by atoms with Gasteiger partial charge in [-0.3, -0.25) is 4.79 Å². The van der Waals surface area contributed by atoms with E-state index in [2.05, 4.69) is 11.8 Å². The van der Waals surface area contributed by atoms with Crippen molar-refractivity contribution in [3.63, 3.8) is 0 Å². The van der Waals surface area contributed by atoms with Crippen molar-refractivity contribution >= 4 is 5.97 Å². The minimum atomic E-state index is -0.646. The van der Waals surface area contributed by atoms with Gasteiger partial charge in [-0.05, 0) is 51.2 Å². The lowest BCUT2D eigenvalue weighted by Crippen LogP contribution is -2.34. The largest absolute Gasteiger partial charge is 0.481 e. The Morgan fingerprint density at radius 2 is 1.94 bits per heavy atom. The summed E-state index contributed by atoms with van der Waals surface area (Å²) in [6.07, 6.45) is 8.96. The lowest BCUT2D eigenvalue weighted by molar-refractivity contribution is -0.137. The maximum atomic E-state index is 10.5. The van der Waals surface area contributed by atoms with E-state index in [0.717, 1.165) is 6.42 Å². The summed E-state index contributed by atoms with van der Waals surface area (Å²) in [7, 11) is 0. The zero-order chi connectivity index (χ0) is 12.5. The van der Waals surface area contributed by atoms with Crippen molar-refractivity contribution in [2.45, 2.75) is 58.3 Å². The second kappa shape index (κ2) is 8.51. The maximum absolute atomic E-state index is 10.5. The molecule has 0 amide bonds. The molecule has 3 heteroatoms. The van der Waals surface area contributed by atoms with Gasteiger partial charge in [-0.25, -0.2) is 0 Å². The van der Waals surface area contributed by atoms with Crippen LogP contribution in [0.1, 0.15) is 58.3 Å². The molecule has 0 aromatic heterocycles. The molecule has 0 saturated carbocycles. The van der Waals surface area contributed by atoms with Crippen LogP contribution in [0.15, 0.2) is 0 Å². The van der Waals surface area contributed by atoms with Crippen LogP contribution in [0, 0.1) is 5.92 Å². The minimum Gasteiger partial charge on any atom is -0.481 e. The van der Waals surface area contributed by atoms with Gasteiger partial charge in [-0.15, -0.1) is 0 Å². The molecule has 3 nitrogen and oxygen atoms in total. The number of carboxylic acid groups (broad SMARTS) is 1. The Bertz CT molecular complexity index is 210. The number of hydrogen-bond acceptors (Lipinski definition) is 2. The number of carbonyl (C=O) groups is 1. The molecule has 17 heavy (non-hydrogen) atoms. The Kier molecular flexibility index (Phi) is 7.25. The Hall–Kier alpha value is -0.570. The SMILES string of the molecule is CCCCCCN1CCC(CCC(=O)O)CC1. The van der Waals surface area contributed by atoms with Gasteiger partial charge in [0.1, 0.15) is 0 Å². The molecular formula is C14H27NO2. The van der Waals surface area contributed by atoms with Gasteiger partial charge in [-0.1, -0.05) is 26.2 Å². The van der Waals surface area contributed by atoms with E-state index in [1.54, 1.807) is 0 Å². The van der Waals surface area contributed by atoms with Crippen molar-refractivity contribution in [3.05, 3.63) is 0 Å². The number of hydrogen-bond donors (Lipinski definition) is 1. The Balaban J connectivity index is 2.03. The van der Waals surface area contributed by atoms with Gasteiger partial charge in [-0.2, -0.15) is 0 Å². The second-order valence-electron chi connectivity index (χ2n) is 5.28. The molecule has 0 bridgehead atoms. The number of likely N-dealkylation sites (tertiary alicyclic amines) is 1. The summed E-state index contributed by atoms with van der Waals surface area (Å²) < 4.78 is 0. The van der Waals surface area contributed by atoms with Gasteiger partial charge in [0.2, 0.25) is 0 Å². The highest BCUT2D eigenvalue weighted by molar-refractivity contribution is 5.66. The summed E-state index contributed by atoms with van der Waals surface area (Å²) >= 11 is 0. The molecule has 1 fully saturated rings. The van der Waals surface area contributed by atoms with Crippen LogP contribution in [0.25, 0.3) is 0 Å². The molecule has 0 aliphatic carbocycles. The third-order valence-electron chi connectivity index (χ3n) is 3.80. The van der Waals surface area contributed by atoms with Gasteiger partial charge in [0.05, 0.1) is 0 Å². The van der Waals surface area contributed by atoms with Crippen LogP contribution in [0.3, 0.4) is 0 Å². The quantitative estimate of drug-likeness (QED) is 0.664. The van der Waals surface area contributed by atoms with E-state index in [1.165, 1.54) is 58.2 Å². The van der Waals surface area contributed by atoms with Crippen molar-refractivity contribution in [2.24, 2.45) is 5.92 Å². The Morgan fingerprint density at radius 3 is 2.53 bits per heavy atom. The average molecular weight is 241 g/mol. The van der Waals surface area contributed by atoms with Crippen LogP contribution in [0.5, 0.6) is 0 Å². The maximum Gasteiger partial charge on any atom is 0.303 e. The fourth-order valence-corrected chi connectivity index (χ4v) is 2.59. The molecule has 1 aliphatic heterocycles. The van der Waals surface area contributed by atoms with Gasteiger partial charge < -0.3 is 10.0 Å². The molecule has 0 radical (unpaired) electrons. The molecule has 1 saturated heterocycles. The molecule has 0 unspecified atom stereocenters. The van der Waals surface area contributed by atoms with Crippen LogP contribution in [-0.4, -0.2) is 35.6 Å². The van der Waals surface area contributed by atoms with Crippen molar-refractivity contribution in [2.75, 3.05) is 19.6 Å². The first-order chi connectivity index (χ1) is 8.22. The lowest BCUT2D eigenvalue weighted by Gasteiger charge is -2.31. The molecule has 1 rings (SSSR count). The Labute approximate surface area is 105 Å². The van der Waals surface area contributed by atoms with Gasteiger partial charge in [0.25, 0.3) is 0 Å². The van der Waals surface area contributed by atoms with E-state index in [0.29, 0.717) is 12.3 Å². The molecule has 1 N–H and O–H groups in total. The van der Waals surface area contributed by atoms with E-state index in [4.69, 9.17) is 5.11 Å². The number of nitrogens with zero attached hydrogens (tertiary/aromatic N) is 1. The smallest absolute Gasteiger partial charge is 0.303 e. The summed E-state index contributed by atoms with van der Waals surface area (Å²) in [6, 6.07) is 0. The van der Waals surface area contributed by atoms with Gasteiger partial charge in [0.15, 0.2) is 0 Å². The first kappa shape index (κ1) is 14.5. The predicted octanol–water partition coefficient (Wildman–Crippen LogP) is 3.14. The Morgan fingerprint density at radius 1 is 1.24 bits per heavy atom. The first-order valence-corrected chi connectivity index (χ1v) is 7.16. The predicted molar refractivity (Wildman–Crippen MR) is 70.2 cm³/mol. The van der Waals surface area contributed by atoms with Crippen molar-refractivity contribution in [1.29, 1.82) is 0 Å². The number of unbranched alkanes of at least 4 members (excludes halogenated alkanes) is 3. The monoisotopic (exact) mass is 241 g/mol. The highest BCUT2D eigenvalue weighted by Crippen LogP contribution is 2.22. The zero-order valence-corrected chi connectivity index (χ0v) is 11.2. The lowest BCUT2D eigenvalue weighted by atomic mass is 9.92. The zero-order valence-electron chi connectivity index (χ0n) is 11.2. The molecule has 1 heterocycles. The fraction of sp³-hybridized carbons (Fsp3) is 0.929. The third kappa shape index (κ3) is 6.67. The van der Waals surface area contributed by atoms with E-state index in [1.807, 2.05) is 0 Å². The molecule has 100 valence electrons. The summed E-state index contributed by atoms with van der Waals surface area (Å²) in [5.41, 5.74) is 0. The number of aliphatic carboxylic acids is 1. The topological polar surface area (TPSA) is 40.5 Å². The van der Waals surface area contributed by atoms with Crippen LogP contribution < -0.4 is 0 Å². The van der Waals surface area contributed by atoms with Crippen LogP contribution >= 0.6 is 0 Å². The molecular weight excluding hydrogens is 214 g/mol. The second-order valence-corrected chi connectivity index (χ2v) is 5.28. The summed E-state index contributed by atoms with van der Waals surface area (Å²) in [6.45, 7) is 5.84. The molecule has 0 aromatic rings. The van der Waals surface area contributed by atoms with Crippen molar-refractivity contribution in [3.8, 4) is 0 Å². The number of rotatable bonds is 8. The van der Waals surface area contributed by atoms with Gasteiger partial charge in [0, 0.05) is 6.42 Å². The van der Waals surface area contributed by atoms with Gasteiger partial charge >= 0.3 is 5.97 Å². The van der Waals surface area contributed by atoms with E-state index in [9.17, 15) is 4.79 Å². The summed E-state index contributed by atoms with van der Waals surface area (Å²) in [4.78, 5) is 13.0. The molecule has 0 spiro atoms. The summed E-state index contributed by atoms with van der Waals surface area (Å²) in [5.74, 6) is 0.00462. The van der Waals surface area contributed by atoms with E-state index < -0.39 is 5.97 Å².